The minimum absolute atomic E-state index is 0. The van der Waals surface area contributed by atoms with Crippen LogP contribution in [0.5, 0.6) is 0 Å². The summed E-state index contributed by atoms with van der Waals surface area (Å²) >= 11 is 0. The van der Waals surface area contributed by atoms with Crippen molar-refractivity contribution in [1.82, 2.24) is 5.32 Å². The summed E-state index contributed by atoms with van der Waals surface area (Å²) in [5, 5.41) is 2.82. The van der Waals surface area contributed by atoms with Gasteiger partial charge in [-0.1, -0.05) is 24.3 Å². The molecule has 1 aromatic carbocycles. The first-order valence-electron chi connectivity index (χ1n) is 6.38. The molecule has 6 heteroatoms. The van der Waals surface area contributed by atoms with Crippen molar-refractivity contribution in [3.05, 3.63) is 35.4 Å². The summed E-state index contributed by atoms with van der Waals surface area (Å²) in [7, 11) is 1.47. The molecule has 0 aliphatic heterocycles. The van der Waals surface area contributed by atoms with Crippen LogP contribution >= 0.6 is 12.4 Å². The molecule has 0 aliphatic carbocycles. The summed E-state index contributed by atoms with van der Waals surface area (Å²) in [6.45, 7) is 3.78. The third-order valence-corrected chi connectivity index (χ3v) is 2.82. The molecule has 0 aliphatic rings. The topological polar surface area (TPSA) is 73.6 Å². The van der Waals surface area contributed by atoms with Gasteiger partial charge in [-0.05, 0) is 18.1 Å². The number of rotatable bonds is 8. The number of ether oxygens (including phenoxy) is 2. The fraction of sp³-hybridized carbons (Fsp3) is 0.500. The van der Waals surface area contributed by atoms with Crippen LogP contribution in [0.4, 0.5) is 0 Å². The van der Waals surface area contributed by atoms with E-state index in [1.807, 2.05) is 31.2 Å². The maximum atomic E-state index is 11.8. The largest absolute Gasteiger partial charge is 0.377 e. The summed E-state index contributed by atoms with van der Waals surface area (Å²) in [6, 6.07) is 7.86. The van der Waals surface area contributed by atoms with Crippen LogP contribution in [0, 0.1) is 0 Å². The molecule has 0 saturated heterocycles. The first kappa shape index (κ1) is 18.9. The van der Waals surface area contributed by atoms with Gasteiger partial charge in [0.05, 0.1) is 6.61 Å². The number of carbonyl (C=O) groups excluding carboxylic acids is 1. The van der Waals surface area contributed by atoms with Crippen LogP contribution in [0.2, 0.25) is 0 Å². The average molecular weight is 303 g/mol. The molecule has 1 amide bonds. The van der Waals surface area contributed by atoms with Crippen molar-refractivity contribution >= 4 is 18.3 Å². The molecule has 1 rings (SSSR count). The van der Waals surface area contributed by atoms with Gasteiger partial charge in [0.2, 0.25) is 0 Å². The van der Waals surface area contributed by atoms with Crippen LogP contribution in [0.15, 0.2) is 24.3 Å². The number of hydrogen-bond acceptors (Lipinski definition) is 4. The van der Waals surface area contributed by atoms with Crippen molar-refractivity contribution in [2.24, 2.45) is 5.73 Å². The van der Waals surface area contributed by atoms with Gasteiger partial charge in [-0.2, -0.15) is 0 Å². The van der Waals surface area contributed by atoms with E-state index in [-0.39, 0.29) is 24.9 Å². The Hall–Kier alpha value is -1.14. The normalized spacial score (nSPS) is 11.6. The molecule has 0 heterocycles. The van der Waals surface area contributed by atoms with E-state index in [0.717, 1.165) is 11.1 Å². The van der Waals surface area contributed by atoms with E-state index in [9.17, 15) is 4.79 Å². The number of halogens is 1. The van der Waals surface area contributed by atoms with Gasteiger partial charge in [0.1, 0.15) is 6.10 Å². The minimum atomic E-state index is -0.598. The molecule has 0 bridgehead atoms. The molecule has 0 radical (unpaired) electrons. The lowest BCUT2D eigenvalue weighted by molar-refractivity contribution is -0.130. The Bertz CT molecular complexity index is 398. The molecule has 0 saturated carbocycles. The standard InChI is InChI=1S/C14H22N2O3.ClH/c1-3-19-10-12-7-5-4-6-11(12)9-16-14(17)13(8-15)18-2;/h4-7,13H,3,8-10,15H2,1-2H3,(H,16,17);1H. The van der Waals surface area contributed by atoms with E-state index in [2.05, 4.69) is 5.32 Å². The maximum Gasteiger partial charge on any atom is 0.250 e. The molecule has 0 spiro atoms. The molecule has 1 unspecified atom stereocenters. The van der Waals surface area contributed by atoms with Gasteiger partial charge in [-0.3, -0.25) is 4.79 Å². The Morgan fingerprint density at radius 2 is 2.00 bits per heavy atom. The lowest BCUT2D eigenvalue weighted by atomic mass is 10.1. The van der Waals surface area contributed by atoms with E-state index in [1.165, 1.54) is 7.11 Å². The maximum absolute atomic E-state index is 11.8. The van der Waals surface area contributed by atoms with E-state index < -0.39 is 6.10 Å². The SMILES string of the molecule is CCOCc1ccccc1CNC(=O)C(CN)OC.Cl. The highest BCUT2D eigenvalue weighted by Gasteiger charge is 2.15. The van der Waals surface area contributed by atoms with Crippen molar-refractivity contribution in [2.45, 2.75) is 26.2 Å². The second kappa shape index (κ2) is 10.6. The fourth-order valence-electron chi connectivity index (χ4n) is 1.69. The molecular formula is C14H23ClN2O3. The predicted octanol–water partition coefficient (Wildman–Crippen LogP) is 1.23. The number of amides is 1. The first-order valence-corrected chi connectivity index (χ1v) is 6.38. The second-order valence-corrected chi connectivity index (χ2v) is 4.08. The van der Waals surface area contributed by atoms with Gasteiger partial charge in [-0.25, -0.2) is 0 Å². The van der Waals surface area contributed by atoms with Gasteiger partial charge in [0.25, 0.3) is 5.91 Å². The Labute approximate surface area is 126 Å². The lowest BCUT2D eigenvalue weighted by Gasteiger charge is -2.14. The van der Waals surface area contributed by atoms with Crippen molar-refractivity contribution in [1.29, 1.82) is 0 Å². The van der Waals surface area contributed by atoms with Crippen LogP contribution < -0.4 is 11.1 Å². The van der Waals surface area contributed by atoms with E-state index in [0.29, 0.717) is 19.8 Å². The van der Waals surface area contributed by atoms with Crippen molar-refractivity contribution in [2.75, 3.05) is 20.3 Å². The molecule has 3 N–H and O–H groups in total. The quantitative estimate of drug-likeness (QED) is 0.757. The third-order valence-electron chi connectivity index (χ3n) is 2.82. The van der Waals surface area contributed by atoms with Gasteiger partial charge >= 0.3 is 0 Å². The number of nitrogens with one attached hydrogen (secondary N) is 1. The first-order chi connectivity index (χ1) is 9.22. The zero-order valence-electron chi connectivity index (χ0n) is 11.9. The Morgan fingerprint density at radius 3 is 2.55 bits per heavy atom. The van der Waals surface area contributed by atoms with Gasteiger partial charge in [0, 0.05) is 26.8 Å². The monoisotopic (exact) mass is 302 g/mol. The number of hydrogen-bond donors (Lipinski definition) is 2. The fourth-order valence-corrected chi connectivity index (χ4v) is 1.69. The Balaban J connectivity index is 0.00000361. The van der Waals surface area contributed by atoms with Crippen LogP contribution in [0.1, 0.15) is 18.1 Å². The van der Waals surface area contributed by atoms with Gasteiger partial charge in [-0.15, -0.1) is 12.4 Å². The predicted molar refractivity (Wildman–Crippen MR) is 80.7 cm³/mol. The van der Waals surface area contributed by atoms with E-state index in [4.69, 9.17) is 15.2 Å². The van der Waals surface area contributed by atoms with Gasteiger partial charge < -0.3 is 20.5 Å². The summed E-state index contributed by atoms with van der Waals surface area (Å²) < 4.78 is 10.4. The number of methoxy groups -OCH3 is 1. The second-order valence-electron chi connectivity index (χ2n) is 4.08. The van der Waals surface area contributed by atoms with Crippen molar-refractivity contribution in [3.8, 4) is 0 Å². The summed E-state index contributed by atoms with van der Waals surface area (Å²) in [5.41, 5.74) is 7.56. The summed E-state index contributed by atoms with van der Waals surface area (Å²) in [5.74, 6) is -0.198. The molecular weight excluding hydrogens is 280 g/mol. The summed E-state index contributed by atoms with van der Waals surface area (Å²) in [6.07, 6.45) is -0.598. The van der Waals surface area contributed by atoms with Crippen LogP contribution in [-0.2, 0) is 27.4 Å². The highest BCUT2D eigenvalue weighted by molar-refractivity contribution is 5.85. The molecule has 0 aromatic heterocycles. The van der Waals surface area contributed by atoms with E-state index in [1.54, 1.807) is 0 Å². The average Bonchev–Trinajstić information content (AvgIpc) is 2.45. The molecule has 1 atom stereocenters. The zero-order valence-corrected chi connectivity index (χ0v) is 12.7. The number of nitrogens with two attached hydrogens (primary N) is 1. The highest BCUT2D eigenvalue weighted by Crippen LogP contribution is 2.10. The van der Waals surface area contributed by atoms with Crippen LogP contribution in [-0.4, -0.2) is 32.3 Å². The van der Waals surface area contributed by atoms with E-state index >= 15 is 0 Å². The molecule has 20 heavy (non-hydrogen) atoms. The number of carbonyl (C=O) groups is 1. The van der Waals surface area contributed by atoms with Crippen LogP contribution in [0.3, 0.4) is 0 Å². The van der Waals surface area contributed by atoms with Gasteiger partial charge in [0.15, 0.2) is 0 Å². The van der Waals surface area contributed by atoms with Crippen molar-refractivity contribution < 1.29 is 14.3 Å². The third kappa shape index (κ3) is 5.88. The molecule has 114 valence electrons. The smallest absolute Gasteiger partial charge is 0.250 e. The molecule has 1 aromatic rings. The Kier molecular flexibility index (Phi) is 10.0. The lowest BCUT2D eigenvalue weighted by Crippen LogP contribution is -2.40. The minimum Gasteiger partial charge on any atom is -0.377 e. The summed E-state index contributed by atoms with van der Waals surface area (Å²) in [4.78, 5) is 11.8. The van der Waals surface area contributed by atoms with Crippen molar-refractivity contribution in [3.63, 3.8) is 0 Å². The Morgan fingerprint density at radius 1 is 1.35 bits per heavy atom. The molecule has 0 fully saturated rings. The molecule has 5 nitrogen and oxygen atoms in total. The highest BCUT2D eigenvalue weighted by atomic mass is 35.5. The van der Waals surface area contributed by atoms with Crippen LogP contribution in [0.25, 0.3) is 0 Å². The zero-order chi connectivity index (χ0) is 14.1. The number of benzene rings is 1.